The van der Waals surface area contributed by atoms with Gasteiger partial charge in [-0.25, -0.2) is 9.36 Å². The number of pyridine rings is 1. The standard InChI is InChI=1S/C13H13N9O4/c23-21(24)8-12-6-19(17-15-12)4-10-2-1-3-11(14-10)5-20-7-13(16-18-20)9-22(25)26/h1-3,6-7H,4-5,8-9H2. The van der Waals surface area contributed by atoms with Crippen LogP contribution in [0.25, 0.3) is 0 Å². The molecule has 13 nitrogen and oxygen atoms in total. The van der Waals surface area contributed by atoms with E-state index in [0.29, 0.717) is 24.5 Å². The number of nitro groups is 2. The molecule has 3 heterocycles. The van der Waals surface area contributed by atoms with E-state index in [1.807, 2.05) is 0 Å². The highest BCUT2D eigenvalue weighted by Gasteiger charge is 2.10. The molecule has 0 spiro atoms. The Hall–Kier alpha value is -3.77. The van der Waals surface area contributed by atoms with Crippen molar-refractivity contribution in [1.82, 2.24) is 35.0 Å². The van der Waals surface area contributed by atoms with Crippen LogP contribution in [0, 0.1) is 20.2 Å². The number of hydrogen-bond donors (Lipinski definition) is 0. The molecule has 26 heavy (non-hydrogen) atoms. The van der Waals surface area contributed by atoms with E-state index in [9.17, 15) is 20.2 Å². The minimum absolute atomic E-state index is 0.270. The van der Waals surface area contributed by atoms with Gasteiger partial charge in [0, 0.05) is 9.85 Å². The number of aromatic nitrogens is 7. The molecule has 0 aliphatic heterocycles. The summed E-state index contributed by atoms with van der Waals surface area (Å²) >= 11 is 0. The molecule has 0 aliphatic carbocycles. The molecule has 13 heteroatoms. The Kier molecular flexibility index (Phi) is 4.87. The van der Waals surface area contributed by atoms with Crippen molar-refractivity contribution < 1.29 is 9.85 Å². The van der Waals surface area contributed by atoms with Gasteiger partial charge in [0.1, 0.15) is 0 Å². The van der Waals surface area contributed by atoms with Gasteiger partial charge >= 0.3 is 0 Å². The van der Waals surface area contributed by atoms with Crippen LogP contribution in [0.3, 0.4) is 0 Å². The topological polar surface area (TPSA) is 161 Å². The second kappa shape index (κ2) is 7.42. The Bertz CT molecular complexity index is 864. The number of hydrogen-bond acceptors (Lipinski definition) is 9. The second-order valence-corrected chi connectivity index (χ2v) is 5.42. The van der Waals surface area contributed by atoms with E-state index in [2.05, 4.69) is 25.6 Å². The smallest absolute Gasteiger partial charge is 0.248 e. The lowest BCUT2D eigenvalue weighted by Crippen LogP contribution is -2.07. The molecule has 0 unspecified atom stereocenters. The molecular weight excluding hydrogens is 346 g/mol. The molecular formula is C13H13N9O4. The predicted molar refractivity (Wildman–Crippen MR) is 83.9 cm³/mol. The fraction of sp³-hybridized carbons (Fsp3) is 0.308. The summed E-state index contributed by atoms with van der Waals surface area (Å²) in [5.74, 6) is 0. The van der Waals surface area contributed by atoms with Crippen molar-refractivity contribution in [3.05, 3.63) is 73.6 Å². The Morgan fingerprint density at radius 1 is 0.808 bits per heavy atom. The third-order valence-electron chi connectivity index (χ3n) is 3.27. The van der Waals surface area contributed by atoms with Gasteiger partial charge in [0.15, 0.2) is 11.4 Å². The van der Waals surface area contributed by atoms with E-state index in [-0.39, 0.29) is 24.5 Å². The lowest BCUT2D eigenvalue weighted by atomic mass is 10.3. The summed E-state index contributed by atoms with van der Waals surface area (Å²) in [5.41, 5.74) is 1.91. The monoisotopic (exact) mass is 359 g/mol. The first-order valence-corrected chi connectivity index (χ1v) is 7.44. The Morgan fingerprint density at radius 3 is 1.69 bits per heavy atom. The molecule has 0 bridgehead atoms. The van der Waals surface area contributed by atoms with Crippen molar-refractivity contribution in [2.75, 3.05) is 0 Å². The highest BCUT2D eigenvalue weighted by molar-refractivity contribution is 5.12. The van der Waals surface area contributed by atoms with Crippen molar-refractivity contribution in [1.29, 1.82) is 0 Å². The van der Waals surface area contributed by atoms with Crippen LogP contribution < -0.4 is 0 Å². The third-order valence-corrected chi connectivity index (χ3v) is 3.27. The number of nitrogens with zero attached hydrogens (tertiary/aromatic N) is 9. The molecule has 3 rings (SSSR count). The summed E-state index contributed by atoms with van der Waals surface area (Å²) in [6.07, 6.45) is 3.00. The van der Waals surface area contributed by atoms with Crippen molar-refractivity contribution in [3.8, 4) is 0 Å². The van der Waals surface area contributed by atoms with Crippen molar-refractivity contribution >= 4 is 0 Å². The molecule has 0 fully saturated rings. The quantitative estimate of drug-likeness (QED) is 0.395. The summed E-state index contributed by atoms with van der Waals surface area (Å²) in [4.78, 5) is 24.5. The molecule has 0 saturated heterocycles. The zero-order valence-corrected chi connectivity index (χ0v) is 13.4. The SMILES string of the molecule is O=[N+]([O-])Cc1cn(Cc2cccc(Cn3cc(C[N+](=O)[O-])nn3)n2)nn1. The molecule has 0 radical (unpaired) electrons. The fourth-order valence-corrected chi connectivity index (χ4v) is 2.28. The molecule has 3 aromatic rings. The van der Waals surface area contributed by atoms with Crippen LogP contribution in [0.15, 0.2) is 30.6 Å². The highest BCUT2D eigenvalue weighted by Crippen LogP contribution is 2.05. The second-order valence-electron chi connectivity index (χ2n) is 5.42. The molecule has 134 valence electrons. The normalized spacial score (nSPS) is 10.8. The highest BCUT2D eigenvalue weighted by atomic mass is 16.6. The van der Waals surface area contributed by atoms with E-state index in [0.717, 1.165) is 0 Å². The van der Waals surface area contributed by atoms with Gasteiger partial charge in [-0.05, 0) is 12.1 Å². The number of rotatable bonds is 8. The molecule has 0 aromatic carbocycles. The molecule has 0 N–H and O–H groups in total. The third kappa shape index (κ3) is 4.62. The van der Waals surface area contributed by atoms with Crippen LogP contribution >= 0.6 is 0 Å². The van der Waals surface area contributed by atoms with Gasteiger partial charge in [-0.2, -0.15) is 0 Å². The first-order chi connectivity index (χ1) is 12.5. The van der Waals surface area contributed by atoms with Gasteiger partial charge in [0.05, 0.1) is 36.9 Å². The van der Waals surface area contributed by atoms with Crippen LogP contribution in [-0.2, 0) is 26.2 Å². The first-order valence-electron chi connectivity index (χ1n) is 7.44. The van der Waals surface area contributed by atoms with E-state index in [1.165, 1.54) is 21.8 Å². The Labute approximate surface area is 145 Å². The van der Waals surface area contributed by atoms with E-state index in [4.69, 9.17) is 0 Å². The minimum Gasteiger partial charge on any atom is -0.264 e. The lowest BCUT2D eigenvalue weighted by Gasteiger charge is -2.04. The predicted octanol–water partition coefficient (Wildman–Crippen LogP) is -0.0854. The van der Waals surface area contributed by atoms with Crippen molar-refractivity contribution in [2.24, 2.45) is 0 Å². The fourth-order valence-electron chi connectivity index (χ4n) is 2.28. The Morgan fingerprint density at radius 2 is 1.27 bits per heavy atom. The van der Waals surface area contributed by atoms with Crippen molar-refractivity contribution in [3.63, 3.8) is 0 Å². The van der Waals surface area contributed by atoms with Gasteiger partial charge in [0.2, 0.25) is 13.1 Å². The van der Waals surface area contributed by atoms with Gasteiger partial charge < -0.3 is 0 Å². The van der Waals surface area contributed by atoms with Crippen LogP contribution in [0.5, 0.6) is 0 Å². The largest absolute Gasteiger partial charge is 0.264 e. The molecule has 3 aromatic heterocycles. The summed E-state index contributed by atoms with van der Waals surface area (Å²) in [5, 5.41) is 36.1. The Balaban J connectivity index is 1.66. The van der Waals surface area contributed by atoms with Gasteiger partial charge in [-0.3, -0.25) is 25.2 Å². The summed E-state index contributed by atoms with van der Waals surface area (Å²) in [6, 6.07) is 5.39. The summed E-state index contributed by atoms with van der Waals surface area (Å²) in [6.45, 7) is -0.149. The van der Waals surface area contributed by atoms with Crippen LogP contribution in [0.4, 0.5) is 0 Å². The average molecular weight is 359 g/mol. The summed E-state index contributed by atoms with van der Waals surface area (Å²) in [7, 11) is 0. The first kappa shape index (κ1) is 17.1. The lowest BCUT2D eigenvalue weighted by molar-refractivity contribution is -0.497. The molecule has 0 atom stereocenters. The average Bonchev–Trinajstić information content (AvgIpc) is 3.16. The maximum Gasteiger partial charge on any atom is 0.248 e. The zero-order chi connectivity index (χ0) is 18.5. The maximum atomic E-state index is 10.5. The molecule has 0 saturated carbocycles. The van der Waals surface area contributed by atoms with Gasteiger partial charge in [-0.15, -0.1) is 10.2 Å². The van der Waals surface area contributed by atoms with Gasteiger partial charge in [0.25, 0.3) is 0 Å². The van der Waals surface area contributed by atoms with Crippen LogP contribution in [0.1, 0.15) is 22.8 Å². The molecule has 0 aliphatic rings. The minimum atomic E-state index is -0.474. The zero-order valence-electron chi connectivity index (χ0n) is 13.4. The van der Waals surface area contributed by atoms with E-state index >= 15 is 0 Å². The van der Waals surface area contributed by atoms with E-state index < -0.39 is 9.85 Å². The molecule has 0 amide bonds. The maximum absolute atomic E-state index is 10.5. The van der Waals surface area contributed by atoms with E-state index in [1.54, 1.807) is 18.2 Å². The van der Waals surface area contributed by atoms with Crippen LogP contribution in [-0.4, -0.2) is 44.8 Å². The van der Waals surface area contributed by atoms with Crippen molar-refractivity contribution in [2.45, 2.75) is 26.2 Å². The van der Waals surface area contributed by atoms with Crippen LogP contribution in [0.2, 0.25) is 0 Å². The van der Waals surface area contributed by atoms with Gasteiger partial charge in [-0.1, -0.05) is 16.5 Å². The summed E-state index contributed by atoms with van der Waals surface area (Å²) < 4.78 is 2.94.